The van der Waals surface area contributed by atoms with E-state index in [9.17, 15) is 9.59 Å². The molecule has 0 spiro atoms. The van der Waals surface area contributed by atoms with Crippen molar-refractivity contribution in [2.75, 3.05) is 6.61 Å². The highest BCUT2D eigenvalue weighted by Crippen LogP contribution is 2.30. The number of esters is 1. The number of carbonyl (C=O) groups excluding carboxylic acids is 2. The van der Waals surface area contributed by atoms with Crippen molar-refractivity contribution in [1.29, 1.82) is 0 Å². The van der Waals surface area contributed by atoms with Gasteiger partial charge in [-0.15, -0.1) is 0 Å². The summed E-state index contributed by atoms with van der Waals surface area (Å²) in [5, 5.41) is 0. The first-order valence-corrected chi connectivity index (χ1v) is 3.27. The van der Waals surface area contributed by atoms with E-state index in [4.69, 9.17) is 4.74 Å². The van der Waals surface area contributed by atoms with Crippen LogP contribution in [0.3, 0.4) is 0 Å². The van der Waals surface area contributed by atoms with Gasteiger partial charge in [-0.3, -0.25) is 0 Å². The number of hydrogen-bond acceptors (Lipinski definition) is 4. The summed E-state index contributed by atoms with van der Waals surface area (Å²) in [6.45, 7) is 5.12. The molecule has 1 atom stereocenters. The molecule has 4 heteroatoms. The number of cyclic esters (lactones) is 1. The first-order valence-electron chi connectivity index (χ1n) is 3.27. The minimum absolute atomic E-state index is 0.290. The molecule has 1 aliphatic rings. The van der Waals surface area contributed by atoms with Gasteiger partial charge in [0.05, 0.1) is 0 Å². The van der Waals surface area contributed by atoms with Crippen molar-refractivity contribution in [3.63, 3.8) is 0 Å². The minimum Gasteiger partial charge on any atom is -0.462 e. The van der Waals surface area contributed by atoms with E-state index in [1.165, 1.54) is 6.47 Å². The zero-order valence-electron chi connectivity index (χ0n) is 6.42. The topological polar surface area (TPSA) is 52.6 Å². The van der Waals surface area contributed by atoms with Crippen LogP contribution in [0, 0.1) is 5.41 Å². The van der Waals surface area contributed by atoms with Gasteiger partial charge >= 0.3 is 12.4 Å². The lowest BCUT2D eigenvalue weighted by atomic mass is 9.90. The van der Waals surface area contributed by atoms with E-state index in [1.54, 1.807) is 13.8 Å². The van der Waals surface area contributed by atoms with Crippen LogP contribution in [-0.4, -0.2) is 25.2 Å². The number of hydrogen-bond donors (Lipinski definition) is 0. The molecule has 1 aliphatic heterocycles. The number of carbonyl (C=O) groups is 1. The van der Waals surface area contributed by atoms with Gasteiger partial charge in [0.15, 0.2) is 0 Å². The molecule has 61 valence electrons. The van der Waals surface area contributed by atoms with Gasteiger partial charge in [-0.2, -0.15) is 0 Å². The average Bonchev–Trinajstić information content (AvgIpc) is 2.16. The Hall–Kier alpha value is -1.06. The van der Waals surface area contributed by atoms with E-state index in [1.807, 2.05) is 0 Å². The highest BCUT2D eigenvalue weighted by Gasteiger charge is 2.45. The summed E-state index contributed by atoms with van der Waals surface area (Å²) >= 11 is 0. The molecule has 1 heterocycles. The van der Waals surface area contributed by atoms with Gasteiger partial charge in [0.25, 0.3) is 0 Å². The van der Waals surface area contributed by atoms with Gasteiger partial charge in [0, 0.05) is 5.41 Å². The fraction of sp³-hybridized carbons (Fsp3) is 0.714. The molecule has 1 unspecified atom stereocenters. The van der Waals surface area contributed by atoms with Crippen LogP contribution in [0.25, 0.3) is 0 Å². The summed E-state index contributed by atoms with van der Waals surface area (Å²) in [6.07, 6.45) is -0.792. The van der Waals surface area contributed by atoms with Crippen LogP contribution in [0.4, 0.5) is 0 Å². The largest absolute Gasteiger partial charge is 0.462 e. The predicted molar refractivity (Wildman–Crippen MR) is 35.3 cm³/mol. The second kappa shape index (κ2) is 2.53. The van der Waals surface area contributed by atoms with Crippen LogP contribution < -0.4 is 0 Å². The molecule has 0 aromatic carbocycles. The van der Waals surface area contributed by atoms with E-state index in [-0.39, 0.29) is 6.61 Å². The minimum atomic E-state index is -0.792. The molecule has 0 saturated carbocycles. The Balaban J connectivity index is 2.71. The zero-order chi connectivity index (χ0) is 8.48. The quantitative estimate of drug-likeness (QED) is 0.530. The highest BCUT2D eigenvalue weighted by atomic mass is 16.6. The molecule has 4 nitrogen and oxygen atoms in total. The van der Waals surface area contributed by atoms with E-state index < -0.39 is 17.5 Å². The Labute approximate surface area is 64.5 Å². The highest BCUT2D eigenvalue weighted by molar-refractivity contribution is 5.79. The van der Waals surface area contributed by atoms with E-state index >= 15 is 0 Å². The van der Waals surface area contributed by atoms with Gasteiger partial charge in [0.2, 0.25) is 6.10 Å². The second-order valence-electron chi connectivity index (χ2n) is 3.18. The third kappa shape index (κ3) is 1.34. The summed E-state index contributed by atoms with van der Waals surface area (Å²) in [6, 6.07) is 0. The van der Waals surface area contributed by atoms with Crippen LogP contribution in [0.1, 0.15) is 13.8 Å². The number of ether oxygens (including phenoxy) is 2. The molecule has 1 rings (SSSR count). The van der Waals surface area contributed by atoms with Gasteiger partial charge in [0.1, 0.15) is 6.61 Å². The van der Waals surface area contributed by atoms with Crippen molar-refractivity contribution in [2.45, 2.75) is 20.0 Å². The van der Waals surface area contributed by atoms with Crippen LogP contribution in [0.5, 0.6) is 0 Å². The van der Waals surface area contributed by atoms with Crippen molar-refractivity contribution in [3.8, 4) is 0 Å². The lowest BCUT2D eigenvalue weighted by Gasteiger charge is -2.18. The van der Waals surface area contributed by atoms with Gasteiger partial charge in [-0.05, 0) is 0 Å². The van der Waals surface area contributed by atoms with Crippen molar-refractivity contribution in [1.82, 2.24) is 0 Å². The molecular weight excluding hydrogens is 148 g/mol. The standard InChI is InChI=1S/C7H9O4/c1-7(2)3-10-6(9)5(7)11-4-8/h5H,3H2,1-2H3. The van der Waals surface area contributed by atoms with Crippen molar-refractivity contribution < 1.29 is 19.1 Å². The molecule has 0 N–H and O–H groups in total. The van der Waals surface area contributed by atoms with Crippen molar-refractivity contribution in [2.24, 2.45) is 5.41 Å². The van der Waals surface area contributed by atoms with Crippen molar-refractivity contribution in [3.05, 3.63) is 0 Å². The molecule has 1 radical (unpaired) electrons. The fourth-order valence-corrected chi connectivity index (χ4v) is 0.983. The fourth-order valence-electron chi connectivity index (χ4n) is 0.983. The summed E-state index contributed by atoms with van der Waals surface area (Å²) in [7, 11) is 0. The lowest BCUT2D eigenvalue weighted by molar-refractivity contribution is -0.144. The molecular formula is C7H9O4. The maximum absolute atomic E-state index is 10.9. The van der Waals surface area contributed by atoms with E-state index in [2.05, 4.69) is 4.74 Å². The Morgan fingerprint density at radius 1 is 1.73 bits per heavy atom. The molecule has 0 aliphatic carbocycles. The SMILES string of the molecule is CC1(C)COC(=O)C1O[C]=O. The Morgan fingerprint density at radius 2 is 2.36 bits per heavy atom. The average molecular weight is 157 g/mol. The monoisotopic (exact) mass is 157 g/mol. The van der Waals surface area contributed by atoms with Gasteiger partial charge < -0.3 is 9.47 Å². The molecule has 0 aromatic rings. The molecule has 1 saturated heterocycles. The summed E-state index contributed by atoms with van der Waals surface area (Å²) in [5.41, 5.74) is -0.422. The normalized spacial score (nSPS) is 27.8. The smallest absolute Gasteiger partial charge is 0.418 e. The second-order valence-corrected chi connectivity index (χ2v) is 3.18. The Morgan fingerprint density at radius 3 is 2.73 bits per heavy atom. The maximum Gasteiger partial charge on any atom is 0.418 e. The van der Waals surface area contributed by atoms with Crippen molar-refractivity contribution >= 4 is 12.4 Å². The Kier molecular flexibility index (Phi) is 1.85. The third-order valence-corrected chi connectivity index (χ3v) is 1.68. The molecule has 0 bridgehead atoms. The van der Waals surface area contributed by atoms with E-state index in [0.29, 0.717) is 0 Å². The van der Waals surface area contributed by atoms with Gasteiger partial charge in [-0.25, -0.2) is 9.59 Å². The Bertz CT molecular complexity index is 185. The van der Waals surface area contributed by atoms with Crippen LogP contribution in [-0.2, 0) is 19.1 Å². The maximum atomic E-state index is 10.9. The molecule has 11 heavy (non-hydrogen) atoms. The summed E-state index contributed by atoms with van der Waals surface area (Å²) < 4.78 is 9.14. The van der Waals surface area contributed by atoms with E-state index in [0.717, 1.165) is 0 Å². The first kappa shape index (κ1) is 8.04. The van der Waals surface area contributed by atoms with Crippen LogP contribution >= 0.6 is 0 Å². The van der Waals surface area contributed by atoms with Gasteiger partial charge in [-0.1, -0.05) is 13.8 Å². The molecule has 0 amide bonds. The zero-order valence-corrected chi connectivity index (χ0v) is 6.42. The summed E-state index contributed by atoms with van der Waals surface area (Å²) in [5.74, 6) is -0.488. The van der Waals surface area contributed by atoms with Crippen LogP contribution in [0.15, 0.2) is 0 Å². The molecule has 0 aromatic heterocycles. The van der Waals surface area contributed by atoms with Crippen LogP contribution in [0.2, 0.25) is 0 Å². The predicted octanol–water partition coefficient (Wildman–Crippen LogP) is 0.0218. The summed E-state index contributed by atoms with van der Waals surface area (Å²) in [4.78, 5) is 20.7. The lowest BCUT2D eigenvalue weighted by Crippen LogP contribution is -2.32. The third-order valence-electron chi connectivity index (χ3n) is 1.68. The first-order chi connectivity index (χ1) is 5.08. The molecule has 1 fully saturated rings. The number of rotatable bonds is 2.